The topological polar surface area (TPSA) is 75.7 Å². The zero-order valence-corrected chi connectivity index (χ0v) is 14.0. The first-order chi connectivity index (χ1) is 11.4. The Morgan fingerprint density at radius 1 is 1.33 bits per heavy atom. The van der Waals surface area contributed by atoms with E-state index in [1.165, 1.54) is 0 Å². The summed E-state index contributed by atoms with van der Waals surface area (Å²) >= 11 is 0. The summed E-state index contributed by atoms with van der Waals surface area (Å²) in [5.74, 6) is 0.0415. The molecule has 0 aromatic heterocycles. The van der Waals surface area contributed by atoms with Crippen LogP contribution < -0.4 is 10.1 Å². The van der Waals surface area contributed by atoms with Crippen LogP contribution in [0.4, 0.5) is 4.79 Å². The molecule has 1 aliphatic heterocycles. The van der Waals surface area contributed by atoms with E-state index in [2.05, 4.69) is 12.2 Å². The lowest BCUT2D eigenvalue weighted by atomic mass is 9.77. The fraction of sp³-hybridized carbons (Fsp3) is 0.500. The normalized spacial score (nSPS) is 26.6. The average Bonchev–Trinajstić information content (AvgIpc) is 2.75. The number of carbonyl (C=O) groups excluding carboxylic acids is 3. The van der Waals surface area contributed by atoms with E-state index >= 15 is 0 Å². The smallest absolute Gasteiger partial charge is 0.331 e. The number of aryl methyl sites for hydroxylation is 1. The predicted molar refractivity (Wildman–Crippen MR) is 87.4 cm³/mol. The van der Waals surface area contributed by atoms with Gasteiger partial charge in [-0.2, -0.15) is 0 Å². The average molecular weight is 330 g/mol. The molecule has 1 heterocycles. The van der Waals surface area contributed by atoms with Crippen LogP contribution in [0.15, 0.2) is 24.3 Å². The molecule has 0 unspecified atom stereocenters. The lowest BCUT2D eigenvalue weighted by molar-refractivity contribution is -0.141. The van der Waals surface area contributed by atoms with Crippen LogP contribution in [-0.2, 0) is 9.59 Å². The molecule has 1 aliphatic carbocycles. The van der Waals surface area contributed by atoms with Gasteiger partial charge in [0.05, 0.1) is 0 Å². The number of rotatable bonds is 3. The SMILES string of the molecule is Cc1cccc(OC(=O)CN2C(=O)NC3(CCC(C)CC3)C2=O)c1. The summed E-state index contributed by atoms with van der Waals surface area (Å²) in [4.78, 5) is 37.9. The van der Waals surface area contributed by atoms with Crippen molar-refractivity contribution in [3.05, 3.63) is 29.8 Å². The molecular formula is C18H22N2O4. The molecule has 2 fully saturated rings. The molecule has 1 aromatic carbocycles. The second kappa shape index (κ2) is 6.26. The quantitative estimate of drug-likeness (QED) is 0.524. The Labute approximate surface area is 141 Å². The van der Waals surface area contributed by atoms with E-state index in [-0.39, 0.29) is 12.5 Å². The Morgan fingerprint density at radius 2 is 2.04 bits per heavy atom. The van der Waals surface area contributed by atoms with Crippen molar-refractivity contribution < 1.29 is 19.1 Å². The number of benzene rings is 1. The lowest BCUT2D eigenvalue weighted by Gasteiger charge is -2.33. The maximum Gasteiger partial charge on any atom is 0.331 e. The highest BCUT2D eigenvalue weighted by molar-refractivity contribution is 6.08. The molecule has 6 heteroatoms. The van der Waals surface area contributed by atoms with E-state index in [9.17, 15) is 14.4 Å². The van der Waals surface area contributed by atoms with Crippen LogP contribution in [0.1, 0.15) is 38.2 Å². The Balaban J connectivity index is 1.65. The molecule has 1 spiro atoms. The number of hydrogen-bond acceptors (Lipinski definition) is 4. The number of nitrogens with one attached hydrogen (secondary N) is 1. The Kier molecular flexibility index (Phi) is 4.30. The van der Waals surface area contributed by atoms with Crippen LogP contribution in [0.5, 0.6) is 5.75 Å². The van der Waals surface area contributed by atoms with Crippen LogP contribution in [0, 0.1) is 12.8 Å². The summed E-state index contributed by atoms with van der Waals surface area (Å²) in [6, 6.07) is 6.57. The molecule has 0 atom stereocenters. The fourth-order valence-corrected chi connectivity index (χ4v) is 3.39. The van der Waals surface area contributed by atoms with Crippen LogP contribution in [-0.4, -0.2) is 34.9 Å². The first-order valence-electron chi connectivity index (χ1n) is 8.31. The van der Waals surface area contributed by atoms with Crippen molar-refractivity contribution in [3.63, 3.8) is 0 Å². The van der Waals surface area contributed by atoms with Crippen LogP contribution >= 0.6 is 0 Å². The van der Waals surface area contributed by atoms with Gasteiger partial charge in [-0.25, -0.2) is 9.59 Å². The van der Waals surface area contributed by atoms with Gasteiger partial charge in [-0.1, -0.05) is 19.1 Å². The van der Waals surface area contributed by atoms with Gasteiger partial charge in [0, 0.05) is 0 Å². The van der Waals surface area contributed by atoms with Crippen molar-refractivity contribution in [2.24, 2.45) is 5.92 Å². The molecule has 6 nitrogen and oxygen atoms in total. The zero-order valence-electron chi connectivity index (χ0n) is 14.0. The number of carbonyl (C=O) groups is 3. The Morgan fingerprint density at radius 3 is 2.71 bits per heavy atom. The predicted octanol–water partition coefficient (Wildman–Crippen LogP) is 2.40. The highest BCUT2D eigenvalue weighted by atomic mass is 16.5. The number of esters is 1. The van der Waals surface area contributed by atoms with E-state index in [1.807, 2.05) is 13.0 Å². The monoisotopic (exact) mass is 330 g/mol. The van der Waals surface area contributed by atoms with Gasteiger partial charge in [0.15, 0.2) is 0 Å². The second-order valence-corrected chi connectivity index (χ2v) is 6.88. The standard InChI is InChI=1S/C18H22N2O4/c1-12-6-8-18(9-7-12)16(22)20(17(23)19-18)11-15(21)24-14-5-3-4-13(2)10-14/h3-5,10,12H,6-9,11H2,1-2H3,(H,19,23). The van der Waals surface area contributed by atoms with Crippen LogP contribution in [0.2, 0.25) is 0 Å². The highest BCUT2D eigenvalue weighted by Crippen LogP contribution is 2.36. The largest absolute Gasteiger partial charge is 0.425 e. The maximum absolute atomic E-state index is 12.7. The third kappa shape index (κ3) is 3.13. The summed E-state index contributed by atoms with van der Waals surface area (Å²) in [7, 11) is 0. The minimum Gasteiger partial charge on any atom is -0.425 e. The van der Waals surface area contributed by atoms with Gasteiger partial charge in [0.2, 0.25) is 0 Å². The molecule has 1 aromatic rings. The molecule has 24 heavy (non-hydrogen) atoms. The van der Waals surface area contributed by atoms with Gasteiger partial charge in [0.25, 0.3) is 5.91 Å². The maximum atomic E-state index is 12.7. The molecule has 1 saturated heterocycles. The minimum atomic E-state index is -0.826. The number of imide groups is 1. The third-order valence-corrected chi connectivity index (χ3v) is 4.88. The molecule has 128 valence electrons. The molecule has 1 saturated carbocycles. The zero-order chi connectivity index (χ0) is 17.3. The van der Waals surface area contributed by atoms with Crippen molar-refractivity contribution >= 4 is 17.9 Å². The van der Waals surface area contributed by atoms with Crippen molar-refractivity contribution in [2.45, 2.75) is 45.1 Å². The minimum absolute atomic E-state index is 0.305. The van der Waals surface area contributed by atoms with Crippen molar-refractivity contribution in [1.82, 2.24) is 10.2 Å². The van der Waals surface area contributed by atoms with Crippen molar-refractivity contribution in [1.29, 1.82) is 0 Å². The summed E-state index contributed by atoms with van der Waals surface area (Å²) < 4.78 is 5.23. The second-order valence-electron chi connectivity index (χ2n) is 6.88. The summed E-state index contributed by atoms with van der Waals surface area (Å²) in [6.07, 6.45) is 3.05. The number of nitrogens with zero attached hydrogens (tertiary/aromatic N) is 1. The lowest BCUT2D eigenvalue weighted by Crippen LogP contribution is -2.49. The summed E-state index contributed by atoms with van der Waals surface area (Å²) in [5, 5.41) is 2.80. The van der Waals surface area contributed by atoms with Gasteiger partial charge in [0.1, 0.15) is 17.8 Å². The van der Waals surface area contributed by atoms with E-state index < -0.39 is 17.5 Å². The summed E-state index contributed by atoms with van der Waals surface area (Å²) in [5.41, 5.74) is 0.137. The van der Waals surface area contributed by atoms with E-state index in [0.29, 0.717) is 24.5 Å². The van der Waals surface area contributed by atoms with Crippen molar-refractivity contribution in [2.75, 3.05) is 6.54 Å². The number of urea groups is 1. The Hall–Kier alpha value is -2.37. The first-order valence-corrected chi connectivity index (χ1v) is 8.31. The fourth-order valence-electron chi connectivity index (χ4n) is 3.39. The van der Waals surface area contributed by atoms with Crippen molar-refractivity contribution in [3.8, 4) is 5.75 Å². The Bertz CT molecular complexity index is 677. The molecule has 1 N–H and O–H groups in total. The summed E-state index contributed by atoms with van der Waals surface area (Å²) in [6.45, 7) is 3.67. The number of hydrogen-bond donors (Lipinski definition) is 1. The molecule has 2 aliphatic rings. The van der Waals surface area contributed by atoms with Gasteiger partial charge in [-0.15, -0.1) is 0 Å². The van der Waals surface area contributed by atoms with Crippen LogP contribution in [0.25, 0.3) is 0 Å². The first kappa shape index (κ1) is 16.5. The molecule has 0 radical (unpaired) electrons. The van der Waals surface area contributed by atoms with Gasteiger partial charge < -0.3 is 10.1 Å². The van der Waals surface area contributed by atoms with E-state index in [4.69, 9.17) is 4.74 Å². The molecule has 3 rings (SSSR count). The van der Waals surface area contributed by atoms with Gasteiger partial charge in [-0.05, 0) is 56.2 Å². The van der Waals surface area contributed by atoms with Crippen LogP contribution in [0.3, 0.4) is 0 Å². The molecule has 3 amide bonds. The number of ether oxygens (including phenoxy) is 1. The van der Waals surface area contributed by atoms with Gasteiger partial charge in [-0.3, -0.25) is 9.69 Å². The number of amides is 3. The van der Waals surface area contributed by atoms with Gasteiger partial charge >= 0.3 is 12.0 Å². The third-order valence-electron chi connectivity index (χ3n) is 4.88. The molecule has 0 bridgehead atoms. The highest BCUT2D eigenvalue weighted by Gasteiger charge is 2.52. The molecular weight excluding hydrogens is 308 g/mol. The van der Waals surface area contributed by atoms with E-state index in [1.54, 1.807) is 18.2 Å². The van der Waals surface area contributed by atoms with E-state index in [0.717, 1.165) is 23.3 Å².